The Labute approximate surface area is 132 Å². The van der Waals surface area contributed by atoms with Gasteiger partial charge in [-0.3, -0.25) is 4.79 Å². The van der Waals surface area contributed by atoms with Crippen molar-refractivity contribution in [2.24, 2.45) is 0 Å². The Balaban J connectivity index is 1.58. The largest absolute Gasteiger partial charge is 0.357 e. The first-order chi connectivity index (χ1) is 10.1. The molecule has 6 heteroatoms. The summed E-state index contributed by atoms with van der Waals surface area (Å²) in [7, 11) is 0. The summed E-state index contributed by atoms with van der Waals surface area (Å²) in [6.45, 7) is 4.01. The lowest BCUT2D eigenvalue weighted by Crippen LogP contribution is -2.04. The highest BCUT2D eigenvalue weighted by molar-refractivity contribution is 8.01. The van der Waals surface area contributed by atoms with Crippen LogP contribution in [-0.2, 0) is 0 Å². The number of ketones is 1. The van der Waals surface area contributed by atoms with Gasteiger partial charge in [0, 0.05) is 11.6 Å². The van der Waals surface area contributed by atoms with Crippen LogP contribution in [0.2, 0.25) is 0 Å². The summed E-state index contributed by atoms with van der Waals surface area (Å²) in [6, 6.07) is 6.51. The first-order valence-corrected chi connectivity index (χ1v) is 8.75. The molecule has 0 saturated heterocycles. The van der Waals surface area contributed by atoms with Gasteiger partial charge in [-0.2, -0.15) is 0 Å². The van der Waals surface area contributed by atoms with Crippen molar-refractivity contribution in [3.8, 4) is 0 Å². The quantitative estimate of drug-likeness (QED) is 0.650. The lowest BCUT2D eigenvalue weighted by Gasteiger charge is -2.04. The van der Waals surface area contributed by atoms with Gasteiger partial charge < -0.3 is 5.32 Å². The van der Waals surface area contributed by atoms with Gasteiger partial charge in [0.25, 0.3) is 0 Å². The molecule has 1 N–H and O–H groups in total. The molecule has 0 spiro atoms. The summed E-state index contributed by atoms with van der Waals surface area (Å²) < 4.78 is 0.844. The summed E-state index contributed by atoms with van der Waals surface area (Å²) in [5.41, 5.74) is 3.01. The van der Waals surface area contributed by atoms with Crippen LogP contribution in [0.25, 0.3) is 0 Å². The van der Waals surface area contributed by atoms with Crippen LogP contribution in [0.15, 0.2) is 22.5 Å². The molecular weight excluding hydrogens is 302 g/mol. The molecule has 1 heterocycles. The molecule has 0 atom stereocenters. The van der Waals surface area contributed by atoms with Crippen molar-refractivity contribution in [1.29, 1.82) is 0 Å². The van der Waals surface area contributed by atoms with Crippen LogP contribution in [0.5, 0.6) is 0 Å². The summed E-state index contributed by atoms with van der Waals surface area (Å²) in [6.07, 6.45) is 2.43. The lowest BCUT2D eigenvalue weighted by molar-refractivity contribution is 0.102. The summed E-state index contributed by atoms with van der Waals surface area (Å²) in [5, 5.41) is 12.4. The third-order valence-electron chi connectivity index (χ3n) is 3.32. The van der Waals surface area contributed by atoms with Crippen LogP contribution in [0.1, 0.15) is 34.3 Å². The predicted octanol–water partition coefficient (Wildman–Crippen LogP) is 3.70. The lowest BCUT2D eigenvalue weighted by atomic mass is 10.0. The topological polar surface area (TPSA) is 54.9 Å². The molecular formula is C15H17N3OS2. The smallest absolute Gasteiger partial charge is 0.206 e. The number of carbonyl (C=O) groups excluding carboxylic acids is 1. The summed E-state index contributed by atoms with van der Waals surface area (Å²) in [5.74, 6) is 0.548. The van der Waals surface area contributed by atoms with E-state index in [0.717, 1.165) is 20.6 Å². The van der Waals surface area contributed by atoms with E-state index in [1.54, 1.807) is 0 Å². The molecule has 1 aliphatic carbocycles. The number of hydrogen-bond donors (Lipinski definition) is 1. The normalized spacial score (nSPS) is 14.2. The maximum atomic E-state index is 12.3. The fraction of sp³-hybridized carbons (Fsp3) is 0.400. The van der Waals surface area contributed by atoms with Crippen LogP contribution < -0.4 is 5.32 Å². The SMILES string of the molecule is Cc1ccc(C(=O)CSc2nnc(NC3CC3)s2)c(C)c1. The zero-order valence-electron chi connectivity index (χ0n) is 12.0. The minimum Gasteiger partial charge on any atom is -0.357 e. The number of anilines is 1. The van der Waals surface area contributed by atoms with Crippen molar-refractivity contribution < 1.29 is 4.79 Å². The molecule has 0 amide bonds. The number of carbonyl (C=O) groups is 1. The fourth-order valence-electron chi connectivity index (χ4n) is 2.06. The first-order valence-electron chi connectivity index (χ1n) is 6.95. The maximum Gasteiger partial charge on any atom is 0.206 e. The van der Waals surface area contributed by atoms with Crippen molar-refractivity contribution in [1.82, 2.24) is 10.2 Å². The van der Waals surface area contributed by atoms with E-state index in [4.69, 9.17) is 0 Å². The Morgan fingerprint density at radius 2 is 2.19 bits per heavy atom. The van der Waals surface area contributed by atoms with Gasteiger partial charge in [0.1, 0.15) is 0 Å². The Bertz CT molecular complexity index is 665. The van der Waals surface area contributed by atoms with E-state index in [0.29, 0.717) is 11.8 Å². The number of aromatic nitrogens is 2. The zero-order valence-corrected chi connectivity index (χ0v) is 13.7. The molecule has 4 nitrogen and oxygen atoms in total. The number of rotatable bonds is 6. The Hall–Kier alpha value is -1.40. The minimum atomic E-state index is 0.143. The monoisotopic (exact) mass is 319 g/mol. The molecule has 0 unspecified atom stereocenters. The van der Waals surface area contributed by atoms with Crippen molar-refractivity contribution in [3.63, 3.8) is 0 Å². The summed E-state index contributed by atoms with van der Waals surface area (Å²) in [4.78, 5) is 12.3. The molecule has 2 aromatic rings. The molecule has 1 aromatic heterocycles. The number of Topliss-reactive ketones (excluding diaryl/α,β-unsaturated/α-hetero) is 1. The molecule has 0 bridgehead atoms. The number of thioether (sulfide) groups is 1. The van der Waals surface area contributed by atoms with Crippen molar-refractivity contribution >= 4 is 34.0 Å². The Kier molecular flexibility index (Phi) is 4.26. The number of aryl methyl sites for hydroxylation is 2. The predicted molar refractivity (Wildman–Crippen MR) is 87.5 cm³/mol. The molecule has 110 valence electrons. The zero-order chi connectivity index (χ0) is 14.8. The average molecular weight is 319 g/mol. The minimum absolute atomic E-state index is 0.143. The van der Waals surface area contributed by atoms with E-state index in [1.165, 1.54) is 41.5 Å². The van der Waals surface area contributed by atoms with Gasteiger partial charge in [-0.1, -0.05) is 46.9 Å². The van der Waals surface area contributed by atoms with Crippen molar-refractivity contribution in [2.75, 3.05) is 11.1 Å². The third-order valence-corrected chi connectivity index (χ3v) is 5.31. The van der Waals surface area contributed by atoms with Crippen LogP contribution >= 0.6 is 23.1 Å². The van der Waals surface area contributed by atoms with E-state index in [1.807, 2.05) is 32.0 Å². The molecule has 3 rings (SSSR count). The maximum absolute atomic E-state index is 12.3. The highest BCUT2D eigenvalue weighted by Gasteiger charge is 2.22. The van der Waals surface area contributed by atoms with E-state index in [9.17, 15) is 4.79 Å². The summed E-state index contributed by atoms with van der Waals surface area (Å²) >= 11 is 2.98. The van der Waals surface area contributed by atoms with E-state index < -0.39 is 0 Å². The van der Waals surface area contributed by atoms with E-state index >= 15 is 0 Å². The van der Waals surface area contributed by atoms with Gasteiger partial charge in [-0.15, -0.1) is 10.2 Å². The van der Waals surface area contributed by atoms with Gasteiger partial charge in [0.05, 0.1) is 5.75 Å². The fourth-order valence-corrected chi connectivity index (χ4v) is 3.77. The molecule has 0 radical (unpaired) electrons. The van der Waals surface area contributed by atoms with Gasteiger partial charge in [0.15, 0.2) is 10.1 Å². The van der Waals surface area contributed by atoms with Gasteiger partial charge in [0.2, 0.25) is 5.13 Å². The van der Waals surface area contributed by atoms with E-state index in [2.05, 4.69) is 15.5 Å². The highest BCUT2D eigenvalue weighted by Crippen LogP contribution is 2.30. The van der Waals surface area contributed by atoms with Gasteiger partial charge in [-0.05, 0) is 32.3 Å². The molecule has 0 aliphatic heterocycles. The highest BCUT2D eigenvalue weighted by atomic mass is 32.2. The number of hydrogen-bond acceptors (Lipinski definition) is 6. The van der Waals surface area contributed by atoms with Crippen LogP contribution in [-0.4, -0.2) is 27.8 Å². The molecule has 1 aromatic carbocycles. The second-order valence-corrected chi connectivity index (χ2v) is 7.52. The first kappa shape index (κ1) is 14.5. The van der Waals surface area contributed by atoms with Crippen molar-refractivity contribution in [2.45, 2.75) is 37.1 Å². The average Bonchev–Trinajstić information content (AvgIpc) is 3.13. The molecule has 1 aliphatic rings. The Morgan fingerprint density at radius 3 is 2.90 bits per heavy atom. The Morgan fingerprint density at radius 1 is 1.38 bits per heavy atom. The van der Waals surface area contributed by atoms with Crippen LogP contribution in [0.3, 0.4) is 0 Å². The van der Waals surface area contributed by atoms with E-state index in [-0.39, 0.29) is 5.78 Å². The number of nitrogens with zero attached hydrogens (tertiary/aromatic N) is 2. The third kappa shape index (κ3) is 3.83. The molecule has 1 saturated carbocycles. The van der Waals surface area contributed by atoms with Gasteiger partial charge >= 0.3 is 0 Å². The van der Waals surface area contributed by atoms with Crippen LogP contribution in [0.4, 0.5) is 5.13 Å². The van der Waals surface area contributed by atoms with Crippen molar-refractivity contribution in [3.05, 3.63) is 34.9 Å². The standard InChI is InChI=1S/C15H17N3OS2/c1-9-3-6-12(10(2)7-9)13(19)8-20-15-18-17-14(21-15)16-11-4-5-11/h3,6-7,11H,4-5,8H2,1-2H3,(H,16,17). The number of nitrogens with one attached hydrogen (secondary N) is 1. The van der Waals surface area contributed by atoms with Gasteiger partial charge in [-0.25, -0.2) is 0 Å². The number of benzene rings is 1. The molecule has 21 heavy (non-hydrogen) atoms. The second-order valence-electron chi connectivity index (χ2n) is 5.32. The van der Waals surface area contributed by atoms with Crippen LogP contribution in [0, 0.1) is 13.8 Å². The second kappa shape index (κ2) is 6.15. The molecule has 1 fully saturated rings.